The SMILES string of the molecule is Cc1cc([C@@H]2C[C@H]2N)ccc1Cl. The van der Waals surface area contributed by atoms with Gasteiger partial charge in [-0.3, -0.25) is 0 Å². The van der Waals surface area contributed by atoms with Gasteiger partial charge in [0.2, 0.25) is 0 Å². The van der Waals surface area contributed by atoms with Crippen LogP contribution in [0.15, 0.2) is 18.2 Å². The summed E-state index contributed by atoms with van der Waals surface area (Å²) in [6.45, 7) is 2.03. The highest BCUT2D eigenvalue weighted by molar-refractivity contribution is 6.31. The van der Waals surface area contributed by atoms with Crippen LogP contribution in [0.2, 0.25) is 5.02 Å². The van der Waals surface area contributed by atoms with Crippen molar-refractivity contribution in [2.45, 2.75) is 25.3 Å². The van der Waals surface area contributed by atoms with Gasteiger partial charge in [-0.25, -0.2) is 0 Å². The average molecular weight is 182 g/mol. The number of halogens is 1. The van der Waals surface area contributed by atoms with E-state index in [4.69, 9.17) is 17.3 Å². The summed E-state index contributed by atoms with van der Waals surface area (Å²) in [5, 5.41) is 0.841. The van der Waals surface area contributed by atoms with Crippen LogP contribution in [0.1, 0.15) is 23.5 Å². The normalized spacial score (nSPS) is 27.2. The van der Waals surface area contributed by atoms with Crippen LogP contribution in [0.25, 0.3) is 0 Å². The van der Waals surface area contributed by atoms with Gasteiger partial charge < -0.3 is 5.73 Å². The van der Waals surface area contributed by atoms with E-state index in [0.717, 1.165) is 17.0 Å². The van der Waals surface area contributed by atoms with Gasteiger partial charge >= 0.3 is 0 Å². The highest BCUT2D eigenvalue weighted by Gasteiger charge is 2.34. The fraction of sp³-hybridized carbons (Fsp3) is 0.400. The zero-order valence-electron chi connectivity index (χ0n) is 7.05. The number of hydrogen-bond acceptors (Lipinski definition) is 1. The fourth-order valence-corrected chi connectivity index (χ4v) is 1.61. The van der Waals surface area contributed by atoms with Crippen molar-refractivity contribution in [3.05, 3.63) is 34.3 Å². The molecule has 0 radical (unpaired) electrons. The predicted molar refractivity (Wildman–Crippen MR) is 51.5 cm³/mol. The topological polar surface area (TPSA) is 26.0 Å². The summed E-state index contributed by atoms with van der Waals surface area (Å²) < 4.78 is 0. The van der Waals surface area contributed by atoms with E-state index >= 15 is 0 Å². The summed E-state index contributed by atoms with van der Waals surface area (Å²) in [6.07, 6.45) is 1.13. The molecule has 1 aromatic rings. The number of rotatable bonds is 1. The van der Waals surface area contributed by atoms with Crippen LogP contribution in [-0.2, 0) is 0 Å². The molecule has 0 unspecified atom stereocenters. The molecule has 1 saturated carbocycles. The fourth-order valence-electron chi connectivity index (χ4n) is 1.50. The van der Waals surface area contributed by atoms with Gasteiger partial charge in [-0.05, 0) is 30.5 Å². The van der Waals surface area contributed by atoms with Crippen LogP contribution >= 0.6 is 11.6 Å². The molecule has 0 heterocycles. The third-order valence-corrected chi connectivity index (χ3v) is 2.87. The van der Waals surface area contributed by atoms with Crippen LogP contribution in [0, 0.1) is 6.92 Å². The molecule has 0 saturated heterocycles. The molecule has 2 heteroatoms. The van der Waals surface area contributed by atoms with Crippen LogP contribution < -0.4 is 5.73 Å². The van der Waals surface area contributed by atoms with E-state index in [0.29, 0.717) is 12.0 Å². The molecule has 1 nitrogen and oxygen atoms in total. The van der Waals surface area contributed by atoms with Gasteiger partial charge in [0.05, 0.1) is 0 Å². The number of nitrogens with two attached hydrogens (primary N) is 1. The van der Waals surface area contributed by atoms with E-state index in [1.165, 1.54) is 5.56 Å². The molecular weight excluding hydrogens is 170 g/mol. The van der Waals surface area contributed by atoms with Crippen molar-refractivity contribution >= 4 is 11.6 Å². The Labute approximate surface area is 77.5 Å². The zero-order chi connectivity index (χ0) is 8.72. The molecule has 0 bridgehead atoms. The molecule has 12 heavy (non-hydrogen) atoms. The smallest absolute Gasteiger partial charge is 0.0435 e. The lowest BCUT2D eigenvalue weighted by Gasteiger charge is -2.01. The molecule has 0 aromatic heterocycles. The molecular formula is C10H12ClN. The molecule has 0 aliphatic heterocycles. The minimum absolute atomic E-state index is 0.380. The molecule has 0 amide bonds. The summed E-state index contributed by atoms with van der Waals surface area (Å²) in [7, 11) is 0. The molecule has 1 aliphatic carbocycles. The second kappa shape index (κ2) is 2.75. The van der Waals surface area contributed by atoms with Crippen molar-refractivity contribution < 1.29 is 0 Å². The second-order valence-electron chi connectivity index (χ2n) is 3.51. The number of aryl methyl sites for hydroxylation is 1. The first kappa shape index (κ1) is 8.09. The van der Waals surface area contributed by atoms with Gasteiger partial charge in [-0.1, -0.05) is 23.7 Å². The molecule has 1 aliphatic rings. The molecule has 1 aromatic carbocycles. The Kier molecular flexibility index (Phi) is 1.85. The summed E-state index contributed by atoms with van der Waals surface area (Å²) in [6, 6.07) is 6.55. The van der Waals surface area contributed by atoms with Gasteiger partial charge in [0.1, 0.15) is 0 Å². The quantitative estimate of drug-likeness (QED) is 0.708. The Hall–Kier alpha value is -0.530. The Balaban J connectivity index is 2.29. The average Bonchev–Trinajstić information content (AvgIpc) is 2.73. The first-order valence-corrected chi connectivity index (χ1v) is 4.58. The first-order chi connectivity index (χ1) is 5.68. The van der Waals surface area contributed by atoms with E-state index in [1.807, 2.05) is 13.0 Å². The third kappa shape index (κ3) is 1.35. The van der Waals surface area contributed by atoms with Gasteiger partial charge in [0, 0.05) is 17.0 Å². The maximum Gasteiger partial charge on any atom is 0.0435 e. The minimum atomic E-state index is 0.380. The molecule has 64 valence electrons. The van der Waals surface area contributed by atoms with Crippen LogP contribution in [0.5, 0.6) is 0 Å². The van der Waals surface area contributed by atoms with Crippen molar-refractivity contribution in [1.29, 1.82) is 0 Å². The Bertz CT molecular complexity index is 309. The highest BCUT2D eigenvalue weighted by Crippen LogP contribution is 2.39. The molecule has 0 spiro atoms. The van der Waals surface area contributed by atoms with E-state index in [-0.39, 0.29) is 0 Å². The van der Waals surface area contributed by atoms with E-state index < -0.39 is 0 Å². The van der Waals surface area contributed by atoms with Crippen molar-refractivity contribution in [2.24, 2.45) is 5.73 Å². The van der Waals surface area contributed by atoms with Gasteiger partial charge in [0.15, 0.2) is 0 Å². The minimum Gasteiger partial charge on any atom is -0.327 e. The van der Waals surface area contributed by atoms with E-state index in [9.17, 15) is 0 Å². The largest absolute Gasteiger partial charge is 0.327 e. The van der Waals surface area contributed by atoms with Crippen molar-refractivity contribution in [2.75, 3.05) is 0 Å². The Morgan fingerprint density at radius 3 is 2.67 bits per heavy atom. The summed E-state index contributed by atoms with van der Waals surface area (Å²) in [5.41, 5.74) is 8.24. The van der Waals surface area contributed by atoms with Crippen LogP contribution in [-0.4, -0.2) is 6.04 Å². The maximum atomic E-state index is 5.91. The molecule has 2 N–H and O–H groups in total. The lowest BCUT2D eigenvalue weighted by molar-refractivity contribution is 0.988. The monoisotopic (exact) mass is 181 g/mol. The lowest BCUT2D eigenvalue weighted by atomic mass is 10.1. The Morgan fingerprint density at radius 2 is 2.17 bits per heavy atom. The van der Waals surface area contributed by atoms with Crippen molar-refractivity contribution in [1.82, 2.24) is 0 Å². The van der Waals surface area contributed by atoms with Gasteiger partial charge in [0.25, 0.3) is 0 Å². The predicted octanol–water partition coefficient (Wildman–Crippen LogP) is 2.46. The Morgan fingerprint density at radius 1 is 1.50 bits per heavy atom. The zero-order valence-corrected chi connectivity index (χ0v) is 7.81. The lowest BCUT2D eigenvalue weighted by Crippen LogP contribution is -2.00. The maximum absolute atomic E-state index is 5.91. The molecule has 2 rings (SSSR count). The summed E-state index contributed by atoms with van der Waals surface area (Å²) in [4.78, 5) is 0. The van der Waals surface area contributed by atoms with Gasteiger partial charge in [-0.2, -0.15) is 0 Å². The van der Waals surface area contributed by atoms with Crippen LogP contribution in [0.4, 0.5) is 0 Å². The van der Waals surface area contributed by atoms with Gasteiger partial charge in [-0.15, -0.1) is 0 Å². The molecule has 2 atom stereocenters. The van der Waals surface area contributed by atoms with Crippen molar-refractivity contribution in [3.8, 4) is 0 Å². The third-order valence-electron chi connectivity index (χ3n) is 2.45. The van der Waals surface area contributed by atoms with E-state index in [2.05, 4.69) is 12.1 Å². The molecule has 1 fully saturated rings. The standard InChI is InChI=1S/C10H12ClN/c1-6-4-7(2-3-9(6)11)8-5-10(8)12/h2-4,8,10H,5,12H2,1H3/t8-,10+/m0/s1. The summed E-state index contributed by atoms with van der Waals surface area (Å²) in [5.74, 6) is 0.584. The number of benzene rings is 1. The second-order valence-corrected chi connectivity index (χ2v) is 3.92. The van der Waals surface area contributed by atoms with Crippen molar-refractivity contribution in [3.63, 3.8) is 0 Å². The number of hydrogen-bond donors (Lipinski definition) is 1. The first-order valence-electron chi connectivity index (χ1n) is 4.20. The highest BCUT2D eigenvalue weighted by atomic mass is 35.5. The summed E-state index contributed by atoms with van der Waals surface area (Å²) >= 11 is 5.91. The van der Waals surface area contributed by atoms with E-state index in [1.54, 1.807) is 0 Å². The van der Waals surface area contributed by atoms with Crippen LogP contribution in [0.3, 0.4) is 0 Å².